The van der Waals surface area contributed by atoms with Crippen LogP contribution in [0.15, 0.2) is 29.2 Å². The fourth-order valence-corrected chi connectivity index (χ4v) is 6.19. The largest absolute Gasteiger partial charge is 0.417 e. The van der Waals surface area contributed by atoms with E-state index in [1.54, 1.807) is 0 Å². The molecule has 1 aliphatic heterocycles. The average molecular weight is 447 g/mol. The van der Waals surface area contributed by atoms with E-state index in [-0.39, 0.29) is 31.0 Å². The Balaban J connectivity index is 1.65. The Morgan fingerprint density at radius 3 is 2.33 bits per heavy atom. The Hall–Kier alpha value is -1.61. The number of nitrogens with one attached hydrogen (secondary N) is 1. The minimum Gasteiger partial charge on any atom is -0.353 e. The lowest BCUT2D eigenvalue weighted by atomic mass is 9.78. The maximum absolute atomic E-state index is 13.3. The van der Waals surface area contributed by atoms with E-state index in [9.17, 15) is 26.4 Å². The summed E-state index contributed by atoms with van der Waals surface area (Å²) in [5.41, 5.74) is -1.16. The van der Waals surface area contributed by atoms with Crippen molar-refractivity contribution in [2.24, 2.45) is 17.8 Å². The van der Waals surface area contributed by atoms with Gasteiger partial charge in [0.25, 0.3) is 0 Å². The molecule has 30 heavy (non-hydrogen) atoms. The van der Waals surface area contributed by atoms with Gasteiger partial charge in [-0.25, -0.2) is 8.42 Å². The molecule has 1 aromatic carbocycles. The third-order valence-corrected chi connectivity index (χ3v) is 8.63. The van der Waals surface area contributed by atoms with Gasteiger partial charge in [-0.05, 0) is 43.2 Å². The lowest BCUT2D eigenvalue weighted by molar-refractivity contribution is -0.139. The number of hydrogen-bond acceptors (Lipinski definition) is 3. The highest BCUT2D eigenvalue weighted by molar-refractivity contribution is 7.89. The van der Waals surface area contributed by atoms with Crippen LogP contribution in [-0.2, 0) is 21.0 Å². The van der Waals surface area contributed by atoms with Crippen molar-refractivity contribution in [3.05, 3.63) is 29.8 Å². The fourth-order valence-electron chi connectivity index (χ4n) is 4.51. The lowest BCUT2D eigenvalue weighted by Gasteiger charge is -2.36. The molecule has 0 radical (unpaired) electrons. The van der Waals surface area contributed by atoms with Gasteiger partial charge in [0.1, 0.15) is 0 Å². The lowest BCUT2D eigenvalue weighted by Crippen LogP contribution is -2.48. The van der Waals surface area contributed by atoms with Crippen molar-refractivity contribution >= 4 is 15.9 Å². The van der Waals surface area contributed by atoms with Crippen molar-refractivity contribution in [2.75, 3.05) is 13.1 Å². The van der Waals surface area contributed by atoms with Crippen molar-refractivity contribution in [3.8, 4) is 0 Å². The Morgan fingerprint density at radius 2 is 1.70 bits per heavy atom. The fraction of sp³-hybridized carbons (Fsp3) is 0.667. The molecule has 1 aromatic rings. The van der Waals surface area contributed by atoms with Gasteiger partial charge in [-0.3, -0.25) is 4.79 Å². The van der Waals surface area contributed by atoms with E-state index in [2.05, 4.69) is 19.2 Å². The highest BCUT2D eigenvalue weighted by Gasteiger charge is 2.40. The second-order valence-corrected chi connectivity index (χ2v) is 10.5. The normalized spacial score (nSPS) is 27.0. The van der Waals surface area contributed by atoms with E-state index in [0.29, 0.717) is 24.7 Å². The summed E-state index contributed by atoms with van der Waals surface area (Å²) in [6.45, 7) is 4.39. The summed E-state index contributed by atoms with van der Waals surface area (Å²) >= 11 is 0. The zero-order chi connectivity index (χ0) is 22.1. The van der Waals surface area contributed by atoms with E-state index in [0.717, 1.165) is 35.7 Å². The first kappa shape index (κ1) is 23.1. The minimum absolute atomic E-state index is 0.0310. The van der Waals surface area contributed by atoms with Crippen LogP contribution in [0.5, 0.6) is 0 Å². The molecule has 2 fully saturated rings. The van der Waals surface area contributed by atoms with Gasteiger partial charge < -0.3 is 5.32 Å². The third-order valence-electron chi connectivity index (χ3n) is 6.67. The number of hydrogen-bond donors (Lipinski definition) is 1. The standard InChI is InChI=1S/C21H29F3N2O3S/c1-14-6-5-8-18(15(14)2)25-20(27)16-10-12-26(13-11-16)30(28,29)19-9-4-3-7-17(19)21(22,23)24/h3-4,7,9,14-16,18H,5-6,8,10-13H2,1-2H3,(H,25,27)/t14-,15-,18-/m1/s1. The highest BCUT2D eigenvalue weighted by atomic mass is 32.2. The predicted octanol–water partition coefficient (Wildman–Crippen LogP) is 4.05. The summed E-state index contributed by atoms with van der Waals surface area (Å²) in [5.74, 6) is 0.541. The number of halogens is 3. The predicted molar refractivity (Wildman–Crippen MR) is 107 cm³/mol. The van der Waals surface area contributed by atoms with Gasteiger partial charge in [-0.1, -0.05) is 38.8 Å². The van der Waals surface area contributed by atoms with Gasteiger partial charge in [-0.15, -0.1) is 0 Å². The summed E-state index contributed by atoms with van der Waals surface area (Å²) in [6.07, 6.45) is -0.977. The topological polar surface area (TPSA) is 66.5 Å². The first-order valence-electron chi connectivity index (χ1n) is 10.5. The van der Waals surface area contributed by atoms with E-state index in [1.165, 1.54) is 12.1 Å². The SMILES string of the molecule is C[C@@H]1[C@H](C)CCC[C@H]1NC(=O)C1CCN(S(=O)(=O)c2ccccc2C(F)(F)F)CC1. The summed E-state index contributed by atoms with van der Waals surface area (Å²) in [6, 6.07) is 4.35. The second kappa shape index (κ2) is 8.86. The average Bonchev–Trinajstić information content (AvgIpc) is 2.71. The summed E-state index contributed by atoms with van der Waals surface area (Å²) in [4.78, 5) is 12.0. The van der Waals surface area contributed by atoms with Crippen molar-refractivity contribution in [1.29, 1.82) is 0 Å². The summed E-state index contributed by atoms with van der Waals surface area (Å²) in [5, 5.41) is 3.13. The van der Waals surface area contributed by atoms with E-state index >= 15 is 0 Å². The zero-order valence-corrected chi connectivity index (χ0v) is 18.1. The Labute approximate surface area is 176 Å². The van der Waals surface area contributed by atoms with Crippen molar-refractivity contribution < 1.29 is 26.4 Å². The molecule has 1 amide bonds. The van der Waals surface area contributed by atoms with Crippen LogP contribution in [0.3, 0.4) is 0 Å². The van der Waals surface area contributed by atoms with Crippen LogP contribution in [0.4, 0.5) is 13.2 Å². The van der Waals surface area contributed by atoms with E-state index in [1.807, 2.05) is 0 Å². The quantitative estimate of drug-likeness (QED) is 0.759. The number of piperidine rings is 1. The smallest absolute Gasteiger partial charge is 0.353 e. The summed E-state index contributed by atoms with van der Waals surface area (Å²) in [7, 11) is -4.29. The van der Waals surface area contributed by atoms with Crippen LogP contribution in [0.25, 0.3) is 0 Å². The molecule has 1 saturated heterocycles. The van der Waals surface area contributed by atoms with Crippen molar-refractivity contribution in [1.82, 2.24) is 9.62 Å². The monoisotopic (exact) mass is 446 g/mol. The molecular weight excluding hydrogens is 417 g/mol. The number of carbonyl (C=O) groups is 1. The van der Waals surface area contributed by atoms with Crippen molar-refractivity contribution in [3.63, 3.8) is 0 Å². The molecule has 0 spiro atoms. The van der Waals surface area contributed by atoms with Crippen LogP contribution in [-0.4, -0.2) is 37.8 Å². The molecule has 1 N–H and O–H groups in total. The second-order valence-electron chi connectivity index (χ2n) is 8.55. The molecule has 9 heteroatoms. The molecule has 3 rings (SSSR count). The number of carbonyl (C=O) groups excluding carboxylic acids is 1. The molecule has 1 aliphatic carbocycles. The van der Waals surface area contributed by atoms with E-state index in [4.69, 9.17) is 0 Å². The minimum atomic E-state index is -4.75. The van der Waals surface area contributed by atoms with Gasteiger partial charge in [0, 0.05) is 25.0 Å². The Kier molecular flexibility index (Phi) is 6.81. The molecule has 5 nitrogen and oxygen atoms in total. The summed E-state index contributed by atoms with van der Waals surface area (Å²) < 4.78 is 66.5. The van der Waals surface area contributed by atoms with Gasteiger partial charge in [0.15, 0.2) is 0 Å². The van der Waals surface area contributed by atoms with Gasteiger partial charge in [-0.2, -0.15) is 17.5 Å². The Morgan fingerprint density at radius 1 is 1.07 bits per heavy atom. The van der Waals surface area contributed by atoms with Crippen molar-refractivity contribution in [2.45, 2.75) is 63.1 Å². The van der Waals surface area contributed by atoms with E-state index < -0.39 is 26.7 Å². The number of benzene rings is 1. The Bertz CT molecular complexity index is 864. The molecule has 3 atom stereocenters. The molecule has 0 unspecified atom stereocenters. The number of amides is 1. The van der Waals surface area contributed by atoms with Crippen LogP contribution in [0.2, 0.25) is 0 Å². The first-order valence-corrected chi connectivity index (χ1v) is 11.9. The molecule has 0 bridgehead atoms. The maximum atomic E-state index is 13.3. The molecular formula is C21H29F3N2O3S. The highest BCUT2D eigenvalue weighted by Crippen LogP contribution is 2.36. The number of alkyl halides is 3. The molecule has 2 aliphatic rings. The van der Waals surface area contributed by atoms with Gasteiger partial charge >= 0.3 is 6.18 Å². The molecule has 1 heterocycles. The van der Waals surface area contributed by atoms with Gasteiger partial charge in [0.2, 0.25) is 15.9 Å². The third kappa shape index (κ3) is 4.82. The zero-order valence-electron chi connectivity index (χ0n) is 17.3. The van der Waals surface area contributed by atoms with Crippen LogP contribution >= 0.6 is 0 Å². The molecule has 0 aromatic heterocycles. The number of rotatable bonds is 4. The van der Waals surface area contributed by atoms with Gasteiger partial charge in [0.05, 0.1) is 10.5 Å². The maximum Gasteiger partial charge on any atom is 0.417 e. The number of nitrogens with zero attached hydrogens (tertiary/aromatic N) is 1. The van der Waals surface area contributed by atoms with Crippen LogP contribution in [0, 0.1) is 17.8 Å². The van der Waals surface area contributed by atoms with Crippen LogP contribution in [0.1, 0.15) is 51.5 Å². The van der Waals surface area contributed by atoms with Crippen LogP contribution < -0.4 is 5.32 Å². The molecule has 168 valence electrons. The first-order chi connectivity index (χ1) is 14.0. The molecule has 1 saturated carbocycles. The number of sulfonamides is 1.